The van der Waals surface area contributed by atoms with E-state index < -0.39 is 17.9 Å². The predicted molar refractivity (Wildman–Crippen MR) is 96.8 cm³/mol. The van der Waals surface area contributed by atoms with Gasteiger partial charge in [0.05, 0.1) is 12.5 Å². The number of hydrogen-bond donors (Lipinski definition) is 2. The van der Waals surface area contributed by atoms with Crippen LogP contribution in [-0.2, 0) is 9.59 Å². The second kappa shape index (κ2) is 10.6. The summed E-state index contributed by atoms with van der Waals surface area (Å²) in [5.41, 5.74) is 1.69. The van der Waals surface area contributed by atoms with Gasteiger partial charge in [-0.1, -0.05) is 42.5 Å². The van der Waals surface area contributed by atoms with E-state index in [0.717, 1.165) is 23.0 Å². The third kappa shape index (κ3) is 7.83. The van der Waals surface area contributed by atoms with Crippen molar-refractivity contribution in [3.63, 3.8) is 0 Å². The van der Waals surface area contributed by atoms with Crippen molar-refractivity contribution in [2.75, 3.05) is 6.61 Å². The van der Waals surface area contributed by atoms with Gasteiger partial charge >= 0.3 is 11.9 Å². The Morgan fingerprint density at radius 3 is 2.12 bits per heavy atom. The molecule has 0 radical (unpaired) electrons. The first-order chi connectivity index (χ1) is 11.9. The molecule has 0 aromatic heterocycles. The summed E-state index contributed by atoms with van der Waals surface area (Å²) in [6.45, 7) is 4.22. The van der Waals surface area contributed by atoms with E-state index in [1.807, 2.05) is 61.5 Å². The van der Waals surface area contributed by atoms with Crippen LogP contribution < -0.4 is 4.74 Å². The third-order valence-electron chi connectivity index (χ3n) is 3.28. The molecule has 5 heteroatoms. The Bertz CT molecular complexity index is 690. The number of ether oxygens (including phenoxy) is 1. The van der Waals surface area contributed by atoms with Crippen molar-refractivity contribution in [3.8, 4) is 5.75 Å². The highest BCUT2D eigenvalue weighted by Crippen LogP contribution is 2.14. The molecular formula is C20H22O5. The lowest BCUT2D eigenvalue weighted by molar-refractivity contribution is -0.138. The van der Waals surface area contributed by atoms with E-state index in [1.165, 1.54) is 6.08 Å². The van der Waals surface area contributed by atoms with Gasteiger partial charge in [0.2, 0.25) is 0 Å². The van der Waals surface area contributed by atoms with Crippen molar-refractivity contribution in [3.05, 3.63) is 71.8 Å². The molecule has 0 spiro atoms. The number of hydrogen-bond acceptors (Lipinski definition) is 3. The van der Waals surface area contributed by atoms with Crippen LogP contribution in [0.5, 0.6) is 5.75 Å². The molecule has 0 heterocycles. The van der Waals surface area contributed by atoms with Gasteiger partial charge in [0.15, 0.2) is 0 Å². The summed E-state index contributed by atoms with van der Waals surface area (Å²) in [4.78, 5) is 20.7. The summed E-state index contributed by atoms with van der Waals surface area (Å²) in [5, 5.41) is 17.0. The van der Waals surface area contributed by atoms with E-state index in [0.29, 0.717) is 6.61 Å². The number of aliphatic carboxylic acids is 2. The van der Waals surface area contributed by atoms with Crippen molar-refractivity contribution in [1.29, 1.82) is 0 Å². The molecule has 5 nitrogen and oxygen atoms in total. The molecule has 0 saturated carbocycles. The Morgan fingerprint density at radius 2 is 1.64 bits per heavy atom. The van der Waals surface area contributed by atoms with Crippen LogP contribution in [0.4, 0.5) is 0 Å². The maximum absolute atomic E-state index is 10.5. The van der Waals surface area contributed by atoms with E-state index >= 15 is 0 Å². The van der Waals surface area contributed by atoms with Gasteiger partial charge in [0.25, 0.3) is 0 Å². The predicted octanol–water partition coefficient (Wildman–Crippen LogP) is 4.06. The Hall–Kier alpha value is -3.08. The molecule has 2 N–H and O–H groups in total. The standard InChI is InChI=1S/C11H12O3.C9H10O2/c1-2-14-10-6-3-9(4-7-10)5-8-11(12)13;1-7(9(10)11)8-5-3-2-4-6-8/h3-8H,2H2,1H3,(H,12,13);2-7H,1H3,(H,10,11). The lowest BCUT2D eigenvalue weighted by Crippen LogP contribution is -2.06. The molecule has 0 aliphatic carbocycles. The minimum absolute atomic E-state index is 0.406. The van der Waals surface area contributed by atoms with E-state index in [-0.39, 0.29) is 0 Å². The van der Waals surface area contributed by atoms with Crippen LogP contribution in [-0.4, -0.2) is 28.8 Å². The normalized spacial score (nSPS) is 11.3. The SMILES string of the molecule is CC(C(=O)O)c1ccccc1.CCOc1ccc(C=CC(=O)O)cc1. The molecule has 0 saturated heterocycles. The molecule has 132 valence electrons. The molecule has 2 aromatic rings. The van der Waals surface area contributed by atoms with Crippen molar-refractivity contribution in [1.82, 2.24) is 0 Å². The zero-order chi connectivity index (χ0) is 18.7. The largest absolute Gasteiger partial charge is 0.494 e. The molecular weight excluding hydrogens is 320 g/mol. The molecule has 1 unspecified atom stereocenters. The van der Waals surface area contributed by atoms with Gasteiger partial charge in [-0.2, -0.15) is 0 Å². The highest BCUT2D eigenvalue weighted by molar-refractivity contribution is 5.85. The maximum Gasteiger partial charge on any atom is 0.328 e. The van der Waals surface area contributed by atoms with E-state index in [4.69, 9.17) is 14.9 Å². The quantitative estimate of drug-likeness (QED) is 0.774. The zero-order valence-corrected chi connectivity index (χ0v) is 14.3. The summed E-state index contributed by atoms with van der Waals surface area (Å²) in [6, 6.07) is 16.4. The van der Waals surface area contributed by atoms with Crippen LogP contribution in [0.1, 0.15) is 30.9 Å². The summed E-state index contributed by atoms with van der Waals surface area (Å²) in [7, 11) is 0. The molecule has 1 atom stereocenters. The monoisotopic (exact) mass is 342 g/mol. The fourth-order valence-corrected chi connectivity index (χ4v) is 1.89. The molecule has 2 aromatic carbocycles. The Kier molecular flexibility index (Phi) is 8.50. The second-order valence-electron chi connectivity index (χ2n) is 5.14. The van der Waals surface area contributed by atoms with E-state index in [1.54, 1.807) is 6.92 Å². The zero-order valence-electron chi connectivity index (χ0n) is 14.3. The van der Waals surface area contributed by atoms with E-state index in [2.05, 4.69) is 0 Å². The van der Waals surface area contributed by atoms with Gasteiger partial charge < -0.3 is 14.9 Å². The second-order valence-corrected chi connectivity index (χ2v) is 5.14. The number of benzene rings is 2. The molecule has 2 rings (SSSR count). The Labute approximate surface area is 147 Å². The maximum atomic E-state index is 10.5. The van der Waals surface area contributed by atoms with E-state index in [9.17, 15) is 9.59 Å². The average Bonchev–Trinajstić information content (AvgIpc) is 2.62. The van der Waals surface area contributed by atoms with Gasteiger partial charge in [-0.3, -0.25) is 4.79 Å². The topological polar surface area (TPSA) is 83.8 Å². The summed E-state index contributed by atoms with van der Waals surface area (Å²) >= 11 is 0. The number of carbonyl (C=O) groups is 2. The lowest BCUT2D eigenvalue weighted by Gasteiger charge is -2.04. The summed E-state index contributed by atoms with van der Waals surface area (Å²) in [5.74, 6) is -1.34. The van der Waals surface area contributed by atoms with Crippen LogP contribution in [0.2, 0.25) is 0 Å². The van der Waals surface area contributed by atoms with Gasteiger partial charge in [0, 0.05) is 6.08 Å². The molecule has 0 fully saturated rings. The van der Waals surface area contributed by atoms with Crippen molar-refractivity contribution < 1.29 is 24.5 Å². The van der Waals surface area contributed by atoms with Crippen molar-refractivity contribution in [2.24, 2.45) is 0 Å². The highest BCUT2D eigenvalue weighted by atomic mass is 16.5. The van der Waals surface area contributed by atoms with Crippen LogP contribution in [0.15, 0.2) is 60.7 Å². The molecule has 0 aliphatic heterocycles. The first-order valence-electron chi connectivity index (χ1n) is 7.85. The summed E-state index contributed by atoms with van der Waals surface area (Å²) in [6.07, 6.45) is 2.65. The third-order valence-corrected chi connectivity index (χ3v) is 3.28. The van der Waals surface area contributed by atoms with Gasteiger partial charge in [-0.05, 0) is 43.2 Å². The Morgan fingerprint density at radius 1 is 1.04 bits per heavy atom. The number of carboxylic acids is 2. The van der Waals surface area contributed by atoms with Crippen molar-refractivity contribution >= 4 is 18.0 Å². The highest BCUT2D eigenvalue weighted by Gasteiger charge is 2.11. The fourth-order valence-electron chi connectivity index (χ4n) is 1.89. The van der Waals surface area contributed by atoms with Crippen LogP contribution in [0.25, 0.3) is 6.08 Å². The first-order valence-corrected chi connectivity index (χ1v) is 7.85. The van der Waals surface area contributed by atoms with Gasteiger partial charge in [-0.15, -0.1) is 0 Å². The smallest absolute Gasteiger partial charge is 0.328 e. The van der Waals surface area contributed by atoms with Gasteiger partial charge in [0.1, 0.15) is 5.75 Å². The lowest BCUT2D eigenvalue weighted by atomic mass is 10.0. The van der Waals surface area contributed by atoms with Crippen molar-refractivity contribution in [2.45, 2.75) is 19.8 Å². The number of rotatable bonds is 6. The molecule has 0 bridgehead atoms. The minimum Gasteiger partial charge on any atom is -0.494 e. The summed E-state index contributed by atoms with van der Waals surface area (Å²) < 4.78 is 5.25. The number of carboxylic acid groups (broad SMARTS) is 2. The van der Waals surface area contributed by atoms with Gasteiger partial charge in [-0.25, -0.2) is 4.79 Å². The molecule has 0 aliphatic rings. The molecule has 25 heavy (non-hydrogen) atoms. The average molecular weight is 342 g/mol. The van der Waals surface area contributed by atoms with Crippen LogP contribution in [0, 0.1) is 0 Å². The fraction of sp³-hybridized carbons (Fsp3) is 0.200. The minimum atomic E-state index is -0.945. The Balaban J connectivity index is 0.000000257. The molecule has 0 amide bonds. The van der Waals surface area contributed by atoms with Crippen LogP contribution >= 0.6 is 0 Å². The van der Waals surface area contributed by atoms with Crippen LogP contribution in [0.3, 0.4) is 0 Å². The first kappa shape index (κ1) is 20.0.